The summed E-state index contributed by atoms with van der Waals surface area (Å²) in [6.07, 6.45) is 0.242. The fourth-order valence-corrected chi connectivity index (χ4v) is 1.22. The first-order chi connectivity index (χ1) is 5.58. The number of hydrogen-bond donors (Lipinski definition) is 1. The molecule has 1 heterocycles. The Morgan fingerprint density at radius 2 is 2.42 bits per heavy atom. The van der Waals surface area contributed by atoms with Crippen LogP contribution in [0.15, 0.2) is 0 Å². The summed E-state index contributed by atoms with van der Waals surface area (Å²) >= 11 is 0. The highest BCUT2D eigenvalue weighted by molar-refractivity contribution is 5.89. The molecule has 0 aromatic heterocycles. The molecule has 0 radical (unpaired) electrons. The lowest BCUT2D eigenvalue weighted by atomic mass is 9.90. The van der Waals surface area contributed by atoms with Gasteiger partial charge in [-0.25, -0.2) is 0 Å². The third-order valence-corrected chi connectivity index (χ3v) is 1.99. The summed E-state index contributed by atoms with van der Waals surface area (Å²) in [4.78, 5) is 22.1. The molecule has 0 aromatic carbocycles. The smallest absolute Gasteiger partial charge is 0.314 e. The Balaban J connectivity index is 2.60. The Hall–Kier alpha value is -1.06. The Bertz CT molecular complexity index is 214. The highest BCUT2D eigenvalue weighted by atomic mass is 16.5. The Labute approximate surface area is 71.3 Å². The zero-order valence-electron chi connectivity index (χ0n) is 7.35. The molecule has 0 spiro atoms. The Morgan fingerprint density at radius 1 is 1.75 bits per heavy atom. The molecule has 0 aromatic rings. The lowest BCUT2D eigenvalue weighted by molar-refractivity contribution is -0.153. The maximum atomic E-state index is 11.3. The number of hydrogen-bond acceptors (Lipinski definition) is 3. The van der Waals surface area contributed by atoms with Crippen LogP contribution in [-0.2, 0) is 14.3 Å². The number of ether oxygens (including phenoxy) is 1. The number of rotatable bonds is 2. The fourth-order valence-electron chi connectivity index (χ4n) is 1.22. The van der Waals surface area contributed by atoms with Crippen molar-refractivity contribution in [2.24, 2.45) is 5.41 Å². The van der Waals surface area contributed by atoms with Crippen molar-refractivity contribution in [1.82, 2.24) is 5.32 Å². The first-order valence-electron chi connectivity index (χ1n) is 4.02. The first kappa shape index (κ1) is 9.03. The van der Waals surface area contributed by atoms with Gasteiger partial charge in [-0.1, -0.05) is 0 Å². The van der Waals surface area contributed by atoms with Crippen molar-refractivity contribution >= 4 is 11.9 Å². The van der Waals surface area contributed by atoms with Gasteiger partial charge in [0.2, 0.25) is 5.91 Å². The van der Waals surface area contributed by atoms with E-state index in [1.54, 1.807) is 13.8 Å². The topological polar surface area (TPSA) is 55.4 Å². The predicted octanol–water partition coefficient (Wildman–Crippen LogP) is 0.0757. The van der Waals surface area contributed by atoms with Crippen molar-refractivity contribution in [3.05, 3.63) is 0 Å². The number of nitrogens with one attached hydrogen (secondary N) is 1. The van der Waals surface area contributed by atoms with Crippen LogP contribution in [0.5, 0.6) is 0 Å². The molecule has 4 nitrogen and oxygen atoms in total. The van der Waals surface area contributed by atoms with Gasteiger partial charge in [0.1, 0.15) is 0 Å². The van der Waals surface area contributed by atoms with E-state index in [1.165, 1.54) is 0 Å². The summed E-state index contributed by atoms with van der Waals surface area (Å²) in [7, 11) is 0. The second kappa shape index (κ2) is 3.13. The third kappa shape index (κ3) is 1.57. The molecular formula is C8H13NO3. The van der Waals surface area contributed by atoms with E-state index < -0.39 is 5.41 Å². The average Bonchev–Trinajstić information content (AvgIpc) is 2.33. The minimum Gasteiger partial charge on any atom is -0.466 e. The number of carbonyl (C=O) groups is 2. The molecule has 1 atom stereocenters. The molecule has 1 amide bonds. The maximum Gasteiger partial charge on any atom is 0.314 e. The number of amides is 1. The summed E-state index contributed by atoms with van der Waals surface area (Å²) in [5.74, 6) is -0.367. The lowest BCUT2D eigenvalue weighted by Gasteiger charge is -2.18. The van der Waals surface area contributed by atoms with E-state index in [0.29, 0.717) is 13.2 Å². The molecule has 1 N–H and O–H groups in total. The summed E-state index contributed by atoms with van der Waals surface area (Å²) in [5.41, 5.74) is -0.646. The molecule has 4 heteroatoms. The quantitative estimate of drug-likeness (QED) is 0.598. The lowest BCUT2D eigenvalue weighted by Crippen LogP contribution is -2.31. The molecular weight excluding hydrogens is 158 g/mol. The minimum atomic E-state index is -0.646. The van der Waals surface area contributed by atoms with E-state index in [2.05, 4.69) is 5.32 Å². The molecule has 1 aliphatic heterocycles. The zero-order valence-corrected chi connectivity index (χ0v) is 7.35. The van der Waals surface area contributed by atoms with Crippen molar-refractivity contribution < 1.29 is 14.3 Å². The van der Waals surface area contributed by atoms with Crippen molar-refractivity contribution in [2.75, 3.05) is 13.2 Å². The van der Waals surface area contributed by atoms with Crippen molar-refractivity contribution in [3.63, 3.8) is 0 Å². The van der Waals surface area contributed by atoms with Gasteiger partial charge in [0, 0.05) is 13.0 Å². The van der Waals surface area contributed by atoms with Crippen LogP contribution >= 0.6 is 0 Å². The van der Waals surface area contributed by atoms with Crippen molar-refractivity contribution in [1.29, 1.82) is 0 Å². The van der Waals surface area contributed by atoms with Crippen LogP contribution in [0.3, 0.4) is 0 Å². The monoisotopic (exact) mass is 171 g/mol. The van der Waals surface area contributed by atoms with Crippen LogP contribution in [0.1, 0.15) is 20.3 Å². The van der Waals surface area contributed by atoms with Crippen LogP contribution < -0.4 is 5.32 Å². The standard InChI is InChI=1S/C8H13NO3/c1-3-12-7(11)8(2)4-6(10)9-5-8/h3-5H2,1-2H3,(H,9,10). The van der Waals surface area contributed by atoms with Crippen molar-refractivity contribution in [3.8, 4) is 0 Å². The van der Waals surface area contributed by atoms with Gasteiger partial charge in [-0.15, -0.1) is 0 Å². The van der Waals surface area contributed by atoms with Crippen LogP contribution in [0.2, 0.25) is 0 Å². The fraction of sp³-hybridized carbons (Fsp3) is 0.750. The van der Waals surface area contributed by atoms with Crippen molar-refractivity contribution in [2.45, 2.75) is 20.3 Å². The van der Waals surface area contributed by atoms with Crippen LogP contribution in [0, 0.1) is 5.41 Å². The van der Waals surface area contributed by atoms with E-state index in [-0.39, 0.29) is 18.3 Å². The normalized spacial score (nSPS) is 28.3. The largest absolute Gasteiger partial charge is 0.466 e. The van der Waals surface area contributed by atoms with Gasteiger partial charge in [-0.3, -0.25) is 9.59 Å². The highest BCUT2D eigenvalue weighted by Gasteiger charge is 2.41. The Kier molecular flexibility index (Phi) is 2.35. The van der Waals surface area contributed by atoms with Crippen LogP contribution in [0.25, 0.3) is 0 Å². The van der Waals surface area contributed by atoms with E-state index in [1.807, 2.05) is 0 Å². The van der Waals surface area contributed by atoms with E-state index in [9.17, 15) is 9.59 Å². The summed E-state index contributed by atoms with van der Waals surface area (Å²) < 4.78 is 4.85. The minimum absolute atomic E-state index is 0.0782. The van der Waals surface area contributed by atoms with Crippen LogP contribution in [-0.4, -0.2) is 25.0 Å². The van der Waals surface area contributed by atoms with Gasteiger partial charge in [-0.2, -0.15) is 0 Å². The predicted molar refractivity (Wildman–Crippen MR) is 42.4 cm³/mol. The summed E-state index contributed by atoms with van der Waals surface area (Å²) in [6.45, 7) is 4.25. The second-order valence-corrected chi connectivity index (χ2v) is 3.23. The van der Waals surface area contributed by atoms with Gasteiger partial charge in [0.15, 0.2) is 0 Å². The average molecular weight is 171 g/mol. The molecule has 0 saturated carbocycles. The highest BCUT2D eigenvalue weighted by Crippen LogP contribution is 2.26. The SMILES string of the molecule is CCOC(=O)C1(C)CNC(=O)C1. The molecule has 0 aliphatic carbocycles. The number of carbonyl (C=O) groups excluding carboxylic acids is 2. The Morgan fingerprint density at radius 3 is 2.83 bits per heavy atom. The molecule has 12 heavy (non-hydrogen) atoms. The van der Waals surface area contributed by atoms with E-state index in [0.717, 1.165) is 0 Å². The third-order valence-electron chi connectivity index (χ3n) is 1.99. The second-order valence-electron chi connectivity index (χ2n) is 3.23. The summed E-state index contributed by atoms with van der Waals surface area (Å²) in [6, 6.07) is 0. The van der Waals surface area contributed by atoms with Gasteiger partial charge in [0.05, 0.1) is 12.0 Å². The molecule has 1 fully saturated rings. The van der Waals surface area contributed by atoms with Gasteiger partial charge in [-0.05, 0) is 13.8 Å². The zero-order chi connectivity index (χ0) is 9.19. The van der Waals surface area contributed by atoms with Crippen LogP contribution in [0.4, 0.5) is 0 Å². The first-order valence-corrected chi connectivity index (χ1v) is 4.02. The molecule has 1 aliphatic rings. The summed E-state index contributed by atoms with van der Waals surface area (Å²) in [5, 5.41) is 2.61. The van der Waals surface area contributed by atoms with Gasteiger partial charge in [0.25, 0.3) is 0 Å². The molecule has 0 bridgehead atoms. The van der Waals surface area contributed by atoms with Gasteiger partial charge < -0.3 is 10.1 Å². The molecule has 1 unspecified atom stereocenters. The van der Waals surface area contributed by atoms with Gasteiger partial charge >= 0.3 is 5.97 Å². The molecule has 1 saturated heterocycles. The molecule has 1 rings (SSSR count). The van der Waals surface area contributed by atoms with E-state index in [4.69, 9.17) is 4.74 Å². The number of esters is 1. The molecule has 68 valence electrons. The maximum absolute atomic E-state index is 11.3. The van der Waals surface area contributed by atoms with E-state index >= 15 is 0 Å².